The third-order valence-corrected chi connectivity index (χ3v) is 4.17. The highest BCUT2D eigenvalue weighted by molar-refractivity contribution is 5.96. The van der Waals surface area contributed by atoms with Gasteiger partial charge in [-0.15, -0.1) is 0 Å². The third kappa shape index (κ3) is 7.33. The fraction of sp³-hybridized carbons (Fsp3) is 0.700. The van der Waals surface area contributed by atoms with Gasteiger partial charge in [0.1, 0.15) is 0 Å². The Morgan fingerprint density at radius 3 is 2.29 bits per heavy atom. The minimum absolute atomic E-state index is 0.300. The van der Waals surface area contributed by atoms with Crippen LogP contribution in [-0.4, -0.2) is 25.2 Å². The van der Waals surface area contributed by atoms with Gasteiger partial charge < -0.3 is 9.47 Å². The van der Waals surface area contributed by atoms with E-state index in [9.17, 15) is 9.59 Å². The van der Waals surface area contributed by atoms with Crippen molar-refractivity contribution in [1.82, 2.24) is 0 Å². The molecule has 1 unspecified atom stereocenters. The molecule has 0 aromatic rings. The number of carbonyl (C=O) groups is 2. The number of ether oxygens (including phenoxy) is 2. The average molecular weight is 336 g/mol. The minimum atomic E-state index is -0.515. The first-order chi connectivity index (χ1) is 11.6. The van der Waals surface area contributed by atoms with Gasteiger partial charge >= 0.3 is 11.9 Å². The summed E-state index contributed by atoms with van der Waals surface area (Å²) in [4.78, 5) is 24.8. The van der Waals surface area contributed by atoms with Crippen molar-refractivity contribution in [2.45, 2.75) is 72.1 Å². The van der Waals surface area contributed by atoms with Gasteiger partial charge in [-0.1, -0.05) is 51.2 Å². The van der Waals surface area contributed by atoms with Crippen molar-refractivity contribution in [2.75, 3.05) is 13.2 Å². The highest BCUT2D eigenvalue weighted by atomic mass is 16.5. The predicted octanol–water partition coefficient (Wildman–Crippen LogP) is 4.74. The number of unbranched alkanes of at least 4 members (excludes halogenated alkanes) is 4. The number of allylic oxidation sites excluding steroid dienone is 3. The molecule has 0 saturated heterocycles. The molecule has 0 fully saturated rings. The van der Waals surface area contributed by atoms with Crippen LogP contribution in [0.3, 0.4) is 0 Å². The topological polar surface area (TPSA) is 52.6 Å². The summed E-state index contributed by atoms with van der Waals surface area (Å²) in [5.74, 6) is -1.19. The summed E-state index contributed by atoms with van der Waals surface area (Å²) in [6, 6.07) is 0. The van der Waals surface area contributed by atoms with E-state index in [1.165, 1.54) is 0 Å². The lowest BCUT2D eigenvalue weighted by Gasteiger charge is -2.17. The molecule has 0 bridgehead atoms. The van der Waals surface area contributed by atoms with Crippen LogP contribution < -0.4 is 0 Å². The molecule has 1 aliphatic rings. The largest absolute Gasteiger partial charge is 0.465 e. The summed E-state index contributed by atoms with van der Waals surface area (Å²) in [6.45, 7) is 6.99. The molecule has 0 N–H and O–H groups in total. The molecule has 136 valence electrons. The monoisotopic (exact) mass is 336 g/mol. The Morgan fingerprint density at radius 1 is 1.04 bits per heavy atom. The Bertz CT molecular complexity index is 462. The van der Waals surface area contributed by atoms with Gasteiger partial charge in [0.15, 0.2) is 0 Å². The van der Waals surface area contributed by atoms with E-state index in [0.29, 0.717) is 25.2 Å². The smallest absolute Gasteiger partial charge is 0.334 e. The van der Waals surface area contributed by atoms with Gasteiger partial charge in [-0.2, -0.15) is 0 Å². The van der Waals surface area contributed by atoms with Crippen LogP contribution in [0.25, 0.3) is 0 Å². The van der Waals surface area contributed by atoms with Crippen molar-refractivity contribution in [3.8, 4) is 0 Å². The van der Waals surface area contributed by atoms with E-state index in [-0.39, 0.29) is 11.9 Å². The number of hydrogen-bond donors (Lipinski definition) is 0. The van der Waals surface area contributed by atoms with Gasteiger partial charge in [0.2, 0.25) is 0 Å². The number of carbonyl (C=O) groups excluding carboxylic acids is 2. The van der Waals surface area contributed by atoms with Gasteiger partial charge in [0.05, 0.1) is 24.7 Å². The van der Waals surface area contributed by atoms with Gasteiger partial charge in [-0.25, -0.2) is 4.79 Å². The molecule has 0 amide bonds. The molecule has 1 atom stereocenters. The molecule has 0 heterocycles. The van der Waals surface area contributed by atoms with Crippen LogP contribution in [0.4, 0.5) is 0 Å². The van der Waals surface area contributed by atoms with Crippen molar-refractivity contribution in [3.63, 3.8) is 0 Å². The van der Waals surface area contributed by atoms with E-state index in [0.717, 1.165) is 50.5 Å². The molecule has 0 aromatic heterocycles. The molecule has 1 aliphatic carbocycles. The first kappa shape index (κ1) is 20.5. The molecular formula is C20H32O4. The fourth-order valence-corrected chi connectivity index (χ4v) is 2.71. The molecule has 0 radical (unpaired) electrons. The van der Waals surface area contributed by atoms with Crippen LogP contribution in [-0.2, 0) is 19.1 Å². The van der Waals surface area contributed by atoms with Crippen LogP contribution in [0.2, 0.25) is 0 Å². The summed E-state index contributed by atoms with van der Waals surface area (Å²) in [5.41, 5.74) is 1.44. The Kier molecular flexibility index (Phi) is 10.1. The van der Waals surface area contributed by atoms with Crippen molar-refractivity contribution in [3.05, 3.63) is 23.3 Å². The maximum atomic E-state index is 12.4. The highest BCUT2D eigenvalue weighted by Gasteiger charge is 2.30. The molecule has 0 saturated carbocycles. The average Bonchev–Trinajstić information content (AvgIpc) is 2.77. The molecule has 0 aromatic carbocycles. The van der Waals surface area contributed by atoms with E-state index in [1.54, 1.807) is 6.08 Å². The molecule has 0 aliphatic heterocycles. The Hall–Kier alpha value is -1.58. The number of hydrogen-bond acceptors (Lipinski definition) is 4. The second-order valence-corrected chi connectivity index (χ2v) is 6.40. The Labute approximate surface area is 146 Å². The summed E-state index contributed by atoms with van der Waals surface area (Å²) in [6.07, 6.45) is 11.2. The van der Waals surface area contributed by atoms with Crippen molar-refractivity contribution in [2.24, 2.45) is 5.92 Å². The normalized spacial score (nSPS) is 17.5. The van der Waals surface area contributed by atoms with E-state index in [4.69, 9.17) is 9.47 Å². The lowest BCUT2D eigenvalue weighted by molar-refractivity contribution is -0.151. The second-order valence-electron chi connectivity index (χ2n) is 6.40. The third-order valence-electron chi connectivity index (χ3n) is 4.17. The Balaban J connectivity index is 2.67. The van der Waals surface area contributed by atoms with Crippen LogP contribution in [0.1, 0.15) is 72.1 Å². The highest BCUT2D eigenvalue weighted by Crippen LogP contribution is 2.26. The second kappa shape index (κ2) is 11.9. The SMILES string of the molecule is CCCCCOC(=O)C1=CC(C)=CCCC1C(=O)OCCCCC. The van der Waals surface area contributed by atoms with Gasteiger partial charge in [-0.05, 0) is 38.7 Å². The van der Waals surface area contributed by atoms with E-state index >= 15 is 0 Å². The Morgan fingerprint density at radius 2 is 1.67 bits per heavy atom. The van der Waals surface area contributed by atoms with Gasteiger partial charge in [-0.3, -0.25) is 4.79 Å². The van der Waals surface area contributed by atoms with E-state index < -0.39 is 5.92 Å². The zero-order chi connectivity index (χ0) is 17.8. The van der Waals surface area contributed by atoms with Crippen LogP contribution in [0, 0.1) is 5.92 Å². The summed E-state index contributed by atoms with van der Waals surface area (Å²) >= 11 is 0. The summed E-state index contributed by atoms with van der Waals surface area (Å²) < 4.78 is 10.8. The maximum Gasteiger partial charge on any atom is 0.334 e. The van der Waals surface area contributed by atoms with Crippen molar-refractivity contribution < 1.29 is 19.1 Å². The lowest BCUT2D eigenvalue weighted by Crippen LogP contribution is -2.25. The van der Waals surface area contributed by atoms with Crippen molar-refractivity contribution in [1.29, 1.82) is 0 Å². The maximum absolute atomic E-state index is 12.4. The zero-order valence-electron chi connectivity index (χ0n) is 15.4. The summed E-state index contributed by atoms with van der Waals surface area (Å²) in [7, 11) is 0. The van der Waals surface area contributed by atoms with Crippen LogP contribution >= 0.6 is 0 Å². The zero-order valence-corrected chi connectivity index (χ0v) is 15.4. The number of esters is 2. The minimum Gasteiger partial charge on any atom is -0.465 e. The van der Waals surface area contributed by atoms with Crippen molar-refractivity contribution >= 4 is 11.9 Å². The molecular weight excluding hydrogens is 304 g/mol. The van der Waals surface area contributed by atoms with E-state index in [1.807, 2.05) is 6.92 Å². The lowest BCUT2D eigenvalue weighted by atomic mass is 9.95. The first-order valence-corrected chi connectivity index (χ1v) is 9.32. The molecule has 24 heavy (non-hydrogen) atoms. The quantitative estimate of drug-likeness (QED) is 0.427. The standard InChI is InChI=1S/C20H32O4/c1-4-6-8-13-23-19(21)17-12-10-11-16(3)15-18(17)20(22)24-14-9-7-5-2/h11,15,17H,4-10,12-14H2,1-3H3. The first-order valence-electron chi connectivity index (χ1n) is 9.32. The molecule has 4 nitrogen and oxygen atoms in total. The van der Waals surface area contributed by atoms with Crippen LogP contribution in [0.5, 0.6) is 0 Å². The predicted molar refractivity (Wildman–Crippen MR) is 95.5 cm³/mol. The van der Waals surface area contributed by atoms with E-state index in [2.05, 4.69) is 19.9 Å². The number of rotatable bonds is 10. The van der Waals surface area contributed by atoms with Gasteiger partial charge in [0, 0.05) is 0 Å². The molecule has 1 rings (SSSR count). The van der Waals surface area contributed by atoms with Gasteiger partial charge in [0.25, 0.3) is 0 Å². The van der Waals surface area contributed by atoms with Crippen LogP contribution in [0.15, 0.2) is 23.3 Å². The summed E-state index contributed by atoms with van der Waals surface area (Å²) in [5, 5.41) is 0. The molecule has 4 heteroatoms. The molecule has 0 spiro atoms. The fourth-order valence-electron chi connectivity index (χ4n) is 2.71.